The number of morpholine rings is 1. The zero-order valence-corrected chi connectivity index (χ0v) is 21.8. The molecule has 2 atom stereocenters. The number of hydrogen-bond acceptors (Lipinski definition) is 8. The third kappa shape index (κ3) is 4.72. The minimum atomic E-state index is -4.83. The Balaban J connectivity index is 1.38. The van der Waals surface area contributed by atoms with Crippen LogP contribution in [-0.2, 0) is 33.5 Å². The Bertz CT molecular complexity index is 1570. The normalized spacial score (nSPS) is 21.8. The molecule has 1 saturated heterocycles. The lowest BCUT2D eigenvalue weighted by Gasteiger charge is -2.43. The van der Waals surface area contributed by atoms with Crippen molar-refractivity contribution in [3.05, 3.63) is 80.4 Å². The first kappa shape index (κ1) is 27.9. The second-order valence-corrected chi connectivity index (χ2v) is 10.5. The van der Waals surface area contributed by atoms with Crippen LogP contribution < -0.4 is 5.32 Å². The third-order valence-electron chi connectivity index (χ3n) is 7.37. The standard InChI is InChI=1S/C27H24F3N5O6/c1-25-13-33(12-20(36)32-11-15-3-6-17(7-4-15)35(39)40)14-26(2,41-25)22-21(25)23(37)34(24(22)38)18-8-5-16(10-31)19(9-18)27(28,29)30/h3-9,37-38H,11-14H2,1-2H3,(H,32,36)/t25-,26+. The first-order valence-corrected chi connectivity index (χ1v) is 12.4. The maximum Gasteiger partial charge on any atom is 0.417 e. The van der Waals surface area contributed by atoms with Crippen LogP contribution in [0.4, 0.5) is 18.9 Å². The van der Waals surface area contributed by atoms with E-state index in [9.17, 15) is 38.3 Å². The second-order valence-electron chi connectivity index (χ2n) is 10.5. The van der Waals surface area contributed by atoms with Gasteiger partial charge in [-0.05, 0) is 37.6 Å². The molecular formula is C27H24F3N5O6. The molecule has 5 rings (SSSR count). The van der Waals surface area contributed by atoms with Crippen LogP contribution in [-0.4, -0.2) is 50.1 Å². The number of nitriles is 1. The number of nitrogens with zero attached hydrogens (tertiary/aromatic N) is 4. The molecule has 3 N–H and O–H groups in total. The van der Waals surface area contributed by atoms with Gasteiger partial charge < -0.3 is 20.3 Å². The minimum absolute atomic E-state index is 0.0577. The van der Waals surface area contributed by atoms with Crippen molar-refractivity contribution in [3.8, 4) is 23.5 Å². The van der Waals surface area contributed by atoms with Gasteiger partial charge in [0.05, 0.1) is 45.5 Å². The number of aromatic nitrogens is 1. The fourth-order valence-corrected chi connectivity index (χ4v) is 5.84. The molecule has 11 nitrogen and oxygen atoms in total. The van der Waals surface area contributed by atoms with E-state index in [2.05, 4.69) is 5.32 Å². The van der Waals surface area contributed by atoms with E-state index in [4.69, 9.17) is 10.00 Å². The number of nitro benzene ring substituents is 1. The van der Waals surface area contributed by atoms with E-state index in [0.29, 0.717) is 11.6 Å². The zero-order chi connectivity index (χ0) is 29.9. The summed E-state index contributed by atoms with van der Waals surface area (Å²) in [5, 5.41) is 45.1. The quantitative estimate of drug-likeness (QED) is 0.298. The van der Waals surface area contributed by atoms with Crippen LogP contribution in [0.1, 0.15) is 41.7 Å². The lowest BCUT2D eigenvalue weighted by atomic mass is 9.94. The summed E-state index contributed by atoms with van der Waals surface area (Å²) < 4.78 is 47.9. The number of amides is 1. The van der Waals surface area contributed by atoms with E-state index in [0.717, 1.165) is 10.6 Å². The highest BCUT2D eigenvalue weighted by Gasteiger charge is 2.59. The predicted octanol–water partition coefficient (Wildman–Crippen LogP) is 3.78. The van der Waals surface area contributed by atoms with Crippen molar-refractivity contribution in [3.63, 3.8) is 0 Å². The molecule has 0 spiro atoms. The number of ether oxygens (including phenoxy) is 1. The summed E-state index contributed by atoms with van der Waals surface area (Å²) in [5.41, 5.74) is -3.42. The summed E-state index contributed by atoms with van der Waals surface area (Å²) >= 11 is 0. The highest BCUT2D eigenvalue weighted by molar-refractivity contribution is 5.78. The van der Waals surface area contributed by atoms with E-state index in [1.807, 2.05) is 0 Å². The van der Waals surface area contributed by atoms with Crippen molar-refractivity contribution >= 4 is 11.6 Å². The summed E-state index contributed by atoms with van der Waals surface area (Å²) in [6.45, 7) is 3.64. The van der Waals surface area contributed by atoms with Crippen LogP contribution in [0.3, 0.4) is 0 Å². The molecule has 0 saturated carbocycles. The first-order chi connectivity index (χ1) is 19.2. The third-order valence-corrected chi connectivity index (χ3v) is 7.37. The smallest absolute Gasteiger partial charge is 0.417 e. The molecule has 0 unspecified atom stereocenters. The van der Waals surface area contributed by atoms with Crippen LogP contribution in [0, 0.1) is 21.4 Å². The maximum atomic E-state index is 13.6. The van der Waals surface area contributed by atoms with Gasteiger partial charge in [0.15, 0.2) is 0 Å². The zero-order valence-electron chi connectivity index (χ0n) is 21.8. The van der Waals surface area contributed by atoms with Crippen LogP contribution in [0.25, 0.3) is 5.69 Å². The highest BCUT2D eigenvalue weighted by Crippen LogP contribution is 2.59. The number of benzene rings is 2. The lowest BCUT2D eigenvalue weighted by Crippen LogP contribution is -2.54. The van der Waals surface area contributed by atoms with E-state index in [-0.39, 0.29) is 54.6 Å². The molecule has 14 heteroatoms. The molecule has 1 amide bonds. The number of halogens is 3. The van der Waals surface area contributed by atoms with Gasteiger partial charge in [-0.3, -0.25) is 24.4 Å². The van der Waals surface area contributed by atoms with E-state index in [1.165, 1.54) is 24.3 Å². The van der Waals surface area contributed by atoms with Gasteiger partial charge in [0, 0.05) is 31.8 Å². The Morgan fingerprint density at radius 3 is 2.22 bits per heavy atom. The van der Waals surface area contributed by atoms with Crippen molar-refractivity contribution in [2.24, 2.45) is 0 Å². The largest absolute Gasteiger partial charge is 0.494 e. The number of nitrogens with one attached hydrogen (secondary N) is 1. The van der Waals surface area contributed by atoms with Gasteiger partial charge in [0.2, 0.25) is 17.7 Å². The van der Waals surface area contributed by atoms with Crippen molar-refractivity contribution < 1.29 is 37.8 Å². The Hall–Kier alpha value is -4.61. The Morgan fingerprint density at radius 1 is 1.12 bits per heavy atom. The predicted molar refractivity (Wildman–Crippen MR) is 136 cm³/mol. The fourth-order valence-electron chi connectivity index (χ4n) is 5.84. The number of rotatable bonds is 6. The van der Waals surface area contributed by atoms with Gasteiger partial charge >= 0.3 is 6.18 Å². The first-order valence-electron chi connectivity index (χ1n) is 12.4. The van der Waals surface area contributed by atoms with E-state index < -0.39 is 45.2 Å². The Morgan fingerprint density at radius 2 is 1.71 bits per heavy atom. The second kappa shape index (κ2) is 9.50. The number of hydrogen-bond donors (Lipinski definition) is 3. The SMILES string of the molecule is C[C@]12CN(CC(=O)NCc3ccc([N+](=O)[O-])cc3)C[C@](C)(O1)c1c2c(O)n(-c2ccc(C#N)c(C(F)(F)F)c2)c1O. The van der Waals surface area contributed by atoms with Gasteiger partial charge in [-0.2, -0.15) is 18.4 Å². The summed E-state index contributed by atoms with van der Waals surface area (Å²) in [4.78, 5) is 24.8. The van der Waals surface area contributed by atoms with Gasteiger partial charge in [-0.15, -0.1) is 0 Å². The molecule has 2 aliphatic heterocycles. The van der Waals surface area contributed by atoms with Gasteiger partial charge in [-0.25, -0.2) is 0 Å². The summed E-state index contributed by atoms with van der Waals surface area (Å²) in [6, 6.07) is 10.1. The Labute approximate surface area is 231 Å². The molecule has 0 radical (unpaired) electrons. The molecule has 1 aromatic heterocycles. The molecular weight excluding hydrogens is 547 g/mol. The van der Waals surface area contributed by atoms with Crippen LogP contribution in [0.2, 0.25) is 0 Å². The number of fused-ring (bicyclic) bond motifs is 5. The molecule has 0 aliphatic carbocycles. The summed E-state index contributed by atoms with van der Waals surface area (Å²) in [6.07, 6.45) is -4.83. The van der Waals surface area contributed by atoms with E-state index in [1.54, 1.807) is 30.9 Å². The molecule has 2 bridgehead atoms. The fraction of sp³-hybridized carbons (Fsp3) is 0.333. The molecule has 1 fully saturated rings. The average Bonchev–Trinajstić information content (AvgIpc) is 3.26. The molecule has 3 aromatic rings. The molecule has 2 aliphatic rings. The van der Waals surface area contributed by atoms with Crippen molar-refractivity contribution in [2.45, 2.75) is 37.8 Å². The lowest BCUT2D eigenvalue weighted by molar-refractivity contribution is -0.384. The molecule has 2 aromatic carbocycles. The van der Waals surface area contributed by atoms with Crippen molar-refractivity contribution in [1.82, 2.24) is 14.8 Å². The number of aromatic hydroxyl groups is 2. The van der Waals surface area contributed by atoms with Gasteiger partial charge in [0.25, 0.3) is 5.69 Å². The highest BCUT2D eigenvalue weighted by atomic mass is 19.4. The van der Waals surface area contributed by atoms with Gasteiger partial charge in [-0.1, -0.05) is 12.1 Å². The van der Waals surface area contributed by atoms with Crippen LogP contribution in [0.5, 0.6) is 11.8 Å². The number of non-ortho nitro benzene ring substituents is 1. The Kier molecular flexibility index (Phi) is 6.47. The number of nitro groups is 1. The number of carbonyl (C=O) groups excluding carboxylic acids is 1. The molecule has 214 valence electrons. The summed E-state index contributed by atoms with van der Waals surface area (Å²) in [7, 11) is 0. The van der Waals surface area contributed by atoms with Crippen LogP contribution in [0.15, 0.2) is 42.5 Å². The average molecular weight is 572 g/mol. The number of alkyl halides is 3. The minimum Gasteiger partial charge on any atom is -0.494 e. The summed E-state index contributed by atoms with van der Waals surface area (Å²) in [5.74, 6) is -1.35. The monoisotopic (exact) mass is 571 g/mol. The van der Waals surface area contributed by atoms with Crippen molar-refractivity contribution in [1.29, 1.82) is 5.26 Å². The van der Waals surface area contributed by atoms with Gasteiger partial charge in [0.1, 0.15) is 11.2 Å². The topological polar surface area (TPSA) is 154 Å². The van der Waals surface area contributed by atoms with Crippen LogP contribution >= 0.6 is 0 Å². The number of carbonyl (C=O) groups is 1. The maximum absolute atomic E-state index is 13.6. The molecule has 41 heavy (non-hydrogen) atoms. The molecule has 3 heterocycles. The van der Waals surface area contributed by atoms with Crippen molar-refractivity contribution in [2.75, 3.05) is 19.6 Å². The van der Waals surface area contributed by atoms with E-state index >= 15 is 0 Å².